The lowest BCUT2D eigenvalue weighted by molar-refractivity contribution is 0.265. The zero-order valence-electron chi connectivity index (χ0n) is 14.9. The molecule has 1 aromatic carbocycles. The molecule has 2 heterocycles. The van der Waals surface area contributed by atoms with Gasteiger partial charge >= 0.3 is 0 Å². The number of aromatic nitrogens is 3. The highest BCUT2D eigenvalue weighted by atomic mass is 16.3. The molecule has 0 amide bonds. The molecule has 2 aliphatic rings. The van der Waals surface area contributed by atoms with E-state index in [0.29, 0.717) is 6.54 Å². The minimum atomic E-state index is 0.00562. The van der Waals surface area contributed by atoms with Crippen LogP contribution in [0.25, 0.3) is 0 Å². The van der Waals surface area contributed by atoms with E-state index in [2.05, 4.69) is 35.2 Å². The fraction of sp³-hybridized carbons (Fsp3) is 0.600. The molecule has 1 aliphatic carbocycles. The smallest absolute Gasteiger partial charge is 0.161 e. The molecule has 0 atom stereocenters. The molecule has 1 aliphatic heterocycles. The zero-order chi connectivity index (χ0) is 17.1. The van der Waals surface area contributed by atoms with Gasteiger partial charge in [-0.15, -0.1) is 0 Å². The van der Waals surface area contributed by atoms with E-state index in [9.17, 15) is 5.11 Å². The number of aliphatic hydroxyl groups excluding tert-OH is 1. The normalized spacial score (nSPS) is 19.4. The number of aliphatic hydroxyl groups is 1. The second-order valence-electron chi connectivity index (χ2n) is 7.40. The molecule has 5 nitrogen and oxygen atoms in total. The van der Waals surface area contributed by atoms with E-state index < -0.39 is 0 Å². The summed E-state index contributed by atoms with van der Waals surface area (Å²) in [4.78, 5) is 7.47. The summed E-state index contributed by atoms with van der Waals surface area (Å²) >= 11 is 0. The maximum Gasteiger partial charge on any atom is 0.161 e. The largest absolute Gasteiger partial charge is 0.394 e. The van der Waals surface area contributed by atoms with Crippen molar-refractivity contribution in [1.29, 1.82) is 0 Å². The number of hydrogen-bond acceptors (Lipinski definition) is 4. The fourth-order valence-corrected chi connectivity index (χ4v) is 4.03. The number of likely N-dealkylation sites (tertiary alicyclic amines) is 1. The lowest BCUT2D eigenvalue weighted by Gasteiger charge is -2.13. The van der Waals surface area contributed by atoms with E-state index >= 15 is 0 Å². The van der Waals surface area contributed by atoms with Gasteiger partial charge in [-0.05, 0) is 57.3 Å². The van der Waals surface area contributed by atoms with Crippen molar-refractivity contribution < 1.29 is 5.11 Å². The summed E-state index contributed by atoms with van der Waals surface area (Å²) in [7, 11) is 0. The van der Waals surface area contributed by atoms with Crippen LogP contribution >= 0.6 is 0 Å². The van der Waals surface area contributed by atoms with E-state index in [1.807, 2.05) is 4.68 Å². The van der Waals surface area contributed by atoms with Crippen LogP contribution in [0.1, 0.15) is 49.3 Å². The van der Waals surface area contributed by atoms with E-state index in [4.69, 9.17) is 10.1 Å². The van der Waals surface area contributed by atoms with Crippen LogP contribution in [0.4, 0.5) is 0 Å². The van der Waals surface area contributed by atoms with Gasteiger partial charge in [-0.1, -0.05) is 30.3 Å². The summed E-state index contributed by atoms with van der Waals surface area (Å²) < 4.78 is 1.93. The Kier molecular flexibility index (Phi) is 4.86. The number of benzene rings is 1. The molecule has 4 rings (SSSR count). The van der Waals surface area contributed by atoms with E-state index in [0.717, 1.165) is 43.9 Å². The predicted molar refractivity (Wildman–Crippen MR) is 97.6 cm³/mol. The first kappa shape index (κ1) is 16.7. The maximum atomic E-state index is 9.39. The summed E-state index contributed by atoms with van der Waals surface area (Å²) in [5.41, 5.74) is 1.32. The molecule has 5 heteroatoms. The first-order valence-corrected chi connectivity index (χ1v) is 9.65. The van der Waals surface area contributed by atoms with Crippen molar-refractivity contribution in [3.63, 3.8) is 0 Å². The maximum absolute atomic E-state index is 9.39. The Morgan fingerprint density at radius 3 is 2.48 bits per heavy atom. The van der Waals surface area contributed by atoms with Gasteiger partial charge < -0.3 is 10.0 Å². The molecule has 1 aromatic heterocycles. The predicted octanol–water partition coefficient (Wildman–Crippen LogP) is 2.38. The Morgan fingerprint density at radius 1 is 1.04 bits per heavy atom. The lowest BCUT2D eigenvalue weighted by Crippen LogP contribution is -2.21. The number of hydrogen-bond donors (Lipinski definition) is 1. The van der Waals surface area contributed by atoms with Crippen molar-refractivity contribution in [3.05, 3.63) is 47.5 Å². The second kappa shape index (κ2) is 7.26. The Bertz CT molecular complexity index is 687. The van der Waals surface area contributed by atoms with Gasteiger partial charge in [0, 0.05) is 6.42 Å². The van der Waals surface area contributed by atoms with Gasteiger partial charge in [-0.3, -0.25) is 0 Å². The number of nitrogens with zero attached hydrogens (tertiary/aromatic N) is 4. The quantitative estimate of drug-likeness (QED) is 0.802. The van der Waals surface area contributed by atoms with Crippen molar-refractivity contribution >= 4 is 0 Å². The van der Waals surface area contributed by atoms with Crippen molar-refractivity contribution in [2.24, 2.45) is 0 Å². The molecule has 1 saturated heterocycles. The molecule has 134 valence electrons. The third-order valence-corrected chi connectivity index (χ3v) is 5.64. The molecule has 2 fully saturated rings. The van der Waals surface area contributed by atoms with Crippen LogP contribution < -0.4 is 0 Å². The Balaban J connectivity index is 1.49. The highest BCUT2D eigenvalue weighted by Gasteiger charge is 2.49. The number of aryl methyl sites for hydroxylation is 1. The molecule has 2 aromatic rings. The minimum Gasteiger partial charge on any atom is -0.394 e. The average Bonchev–Trinajstić information content (AvgIpc) is 3.09. The average molecular weight is 340 g/mol. The van der Waals surface area contributed by atoms with E-state index in [1.165, 1.54) is 31.5 Å². The Hall–Kier alpha value is -1.72. The zero-order valence-corrected chi connectivity index (χ0v) is 14.9. The van der Waals surface area contributed by atoms with Crippen molar-refractivity contribution in [2.45, 2.75) is 50.5 Å². The van der Waals surface area contributed by atoms with Gasteiger partial charge in [0.1, 0.15) is 5.82 Å². The van der Waals surface area contributed by atoms with E-state index in [1.54, 1.807) is 0 Å². The van der Waals surface area contributed by atoms with Gasteiger partial charge in [0.05, 0.1) is 18.6 Å². The van der Waals surface area contributed by atoms with Gasteiger partial charge in [-0.25, -0.2) is 9.67 Å². The molecular weight excluding hydrogens is 312 g/mol. The molecule has 25 heavy (non-hydrogen) atoms. The monoisotopic (exact) mass is 340 g/mol. The van der Waals surface area contributed by atoms with Crippen LogP contribution in [0.5, 0.6) is 0 Å². The van der Waals surface area contributed by atoms with Crippen LogP contribution in [0.3, 0.4) is 0 Å². The summed E-state index contributed by atoms with van der Waals surface area (Å²) in [6.45, 7) is 4.28. The van der Waals surface area contributed by atoms with Crippen molar-refractivity contribution in [1.82, 2.24) is 19.7 Å². The first-order chi connectivity index (χ1) is 12.3. The topological polar surface area (TPSA) is 54.2 Å². The summed E-state index contributed by atoms with van der Waals surface area (Å²) in [5.74, 6) is 1.98. The minimum absolute atomic E-state index is 0.00562. The van der Waals surface area contributed by atoms with Crippen molar-refractivity contribution in [3.8, 4) is 0 Å². The van der Waals surface area contributed by atoms with Gasteiger partial charge in [-0.2, -0.15) is 5.10 Å². The highest BCUT2D eigenvalue weighted by Crippen LogP contribution is 2.52. The van der Waals surface area contributed by atoms with Crippen LogP contribution in [0.2, 0.25) is 0 Å². The van der Waals surface area contributed by atoms with Crippen molar-refractivity contribution in [2.75, 3.05) is 26.2 Å². The summed E-state index contributed by atoms with van der Waals surface area (Å²) in [6, 6.07) is 10.6. The fourth-order valence-electron chi connectivity index (χ4n) is 4.03. The number of rotatable bonds is 8. The third-order valence-electron chi connectivity index (χ3n) is 5.64. The van der Waals surface area contributed by atoms with Gasteiger partial charge in [0.15, 0.2) is 5.82 Å². The third kappa shape index (κ3) is 3.48. The van der Waals surface area contributed by atoms with Gasteiger partial charge in [0.25, 0.3) is 0 Å². The summed E-state index contributed by atoms with van der Waals surface area (Å²) in [6.07, 6.45) is 6.96. The Labute approximate surface area is 149 Å². The second-order valence-corrected chi connectivity index (χ2v) is 7.40. The van der Waals surface area contributed by atoms with E-state index in [-0.39, 0.29) is 12.0 Å². The van der Waals surface area contributed by atoms with Crippen LogP contribution in [-0.2, 0) is 18.4 Å². The standard InChI is InChI=1S/C20H28N4O/c25-16-15-24-18(9-6-14-23-12-4-5-13-23)21-19(22-24)20(10-11-20)17-7-2-1-3-8-17/h1-3,7-8,25H,4-6,9-16H2. The molecular formula is C20H28N4O. The van der Waals surface area contributed by atoms with Crippen LogP contribution in [0.15, 0.2) is 30.3 Å². The SMILES string of the molecule is OCCn1nc(C2(c3ccccc3)CC2)nc1CCCN1CCCC1. The molecule has 0 spiro atoms. The lowest BCUT2D eigenvalue weighted by atomic mass is 9.95. The van der Waals surface area contributed by atoms with Crippen LogP contribution in [0, 0.1) is 0 Å². The molecule has 1 saturated carbocycles. The first-order valence-electron chi connectivity index (χ1n) is 9.65. The Morgan fingerprint density at radius 2 is 1.80 bits per heavy atom. The summed E-state index contributed by atoms with van der Waals surface area (Å²) in [5, 5.41) is 14.2. The highest BCUT2D eigenvalue weighted by molar-refractivity contribution is 5.39. The molecule has 0 radical (unpaired) electrons. The van der Waals surface area contributed by atoms with Gasteiger partial charge in [0.2, 0.25) is 0 Å². The van der Waals surface area contributed by atoms with Crippen LogP contribution in [-0.4, -0.2) is 51.0 Å². The molecule has 0 bridgehead atoms. The molecule has 0 unspecified atom stereocenters. The molecule has 1 N–H and O–H groups in total.